The van der Waals surface area contributed by atoms with Crippen LogP contribution >= 0.6 is 0 Å². The van der Waals surface area contributed by atoms with Crippen molar-refractivity contribution in [3.05, 3.63) is 152 Å². The Bertz CT molecular complexity index is 2090. The van der Waals surface area contributed by atoms with Crippen molar-refractivity contribution < 1.29 is 71.6 Å². The number of benzene rings is 3. The molecule has 6 rings (SSSR count). The van der Waals surface area contributed by atoms with Gasteiger partial charge in [0.25, 0.3) is 0 Å². The van der Waals surface area contributed by atoms with Gasteiger partial charge in [-0.05, 0) is 35.3 Å². The number of hydrogen-bond acceptors (Lipinski definition) is 9. The molecule has 0 aliphatic heterocycles. The Morgan fingerprint density at radius 2 is 0.830 bits per heavy atom. The van der Waals surface area contributed by atoms with Crippen LogP contribution in [-0.4, -0.2) is 42.8 Å². The van der Waals surface area contributed by atoms with Gasteiger partial charge in [0.1, 0.15) is 0 Å². The molecule has 0 bridgehead atoms. The molecule has 0 saturated heterocycles. The maximum Gasteiger partial charge on any atom is 3.00 e. The predicted molar refractivity (Wildman–Crippen MR) is 177 cm³/mol. The zero-order valence-electron chi connectivity index (χ0n) is 26.4. The molecule has 6 aromatic rings. The van der Waals surface area contributed by atoms with Crippen molar-refractivity contribution in [2.24, 2.45) is 0 Å². The summed E-state index contributed by atoms with van der Waals surface area (Å²) in [5, 5.41) is 0. The Labute approximate surface area is 313 Å². The Balaban J connectivity index is 0.000000219. The molecule has 3 aromatic carbocycles. The molecule has 0 amide bonds. The first-order valence-corrected chi connectivity index (χ1v) is 17.1. The molecule has 53 heavy (non-hydrogen) atoms. The van der Waals surface area contributed by atoms with Crippen molar-refractivity contribution in [3.63, 3.8) is 0 Å². The van der Waals surface area contributed by atoms with Crippen molar-refractivity contribution >= 4 is 20.2 Å². The molecule has 0 aliphatic rings. The Morgan fingerprint density at radius 1 is 0.472 bits per heavy atom. The molecule has 3 aromatic heterocycles. The van der Waals surface area contributed by atoms with E-state index in [1.807, 2.05) is 42.5 Å². The standard InChI is InChI=1S/2C12H7F3NO3S.C11H8N.Ir/c2*13-12(14,15)20(17,18)19-10-5-3-4-9(8-10)11-6-1-2-7-16-11;1-2-6-10(7-3-1)11-8-4-5-9-12-11;/h2*1-3,5-8H;1-6,8-9H;/q3*-1;+3. The summed E-state index contributed by atoms with van der Waals surface area (Å²) in [6.07, 6.45) is 4.77. The summed E-state index contributed by atoms with van der Waals surface area (Å²) < 4.78 is 125. The van der Waals surface area contributed by atoms with E-state index in [0.717, 1.165) is 35.5 Å². The van der Waals surface area contributed by atoms with Gasteiger partial charge in [-0.2, -0.15) is 43.2 Å². The van der Waals surface area contributed by atoms with E-state index in [4.69, 9.17) is 0 Å². The van der Waals surface area contributed by atoms with Gasteiger partial charge in [0, 0.05) is 18.6 Å². The van der Waals surface area contributed by atoms with Crippen molar-refractivity contribution in [2.75, 3.05) is 0 Å². The molecular weight excluding hydrogens is 929 g/mol. The first-order chi connectivity index (χ1) is 24.6. The number of alkyl halides is 6. The van der Waals surface area contributed by atoms with Gasteiger partial charge < -0.3 is 23.3 Å². The average molecular weight is 951 g/mol. The van der Waals surface area contributed by atoms with Crippen LogP contribution in [0.25, 0.3) is 33.8 Å². The maximum atomic E-state index is 12.2. The fourth-order valence-electron chi connectivity index (χ4n) is 3.76. The fourth-order valence-corrected chi connectivity index (χ4v) is 4.66. The van der Waals surface area contributed by atoms with Crippen LogP contribution in [0.4, 0.5) is 26.3 Å². The molecule has 0 unspecified atom stereocenters. The molecule has 0 spiro atoms. The molecular formula is C35H22F6IrN3O6S2. The maximum absolute atomic E-state index is 12.2. The number of hydrogen-bond donors (Lipinski definition) is 0. The van der Waals surface area contributed by atoms with Crippen LogP contribution < -0.4 is 8.37 Å². The normalized spacial score (nSPS) is 11.4. The molecule has 0 radical (unpaired) electrons. The number of nitrogens with zero attached hydrogens (tertiary/aromatic N) is 3. The third-order valence-corrected chi connectivity index (χ3v) is 8.01. The van der Waals surface area contributed by atoms with Crippen LogP contribution in [0.2, 0.25) is 0 Å². The van der Waals surface area contributed by atoms with Crippen LogP contribution in [0.1, 0.15) is 0 Å². The molecule has 18 heteroatoms. The second-order valence-electron chi connectivity index (χ2n) is 9.76. The zero-order valence-corrected chi connectivity index (χ0v) is 30.4. The second-order valence-corrected chi connectivity index (χ2v) is 12.8. The molecule has 3 heterocycles. The Hall–Kier alpha value is -5.16. The van der Waals surface area contributed by atoms with Crippen molar-refractivity contribution in [1.29, 1.82) is 0 Å². The summed E-state index contributed by atoms with van der Waals surface area (Å²) in [5.74, 6) is -0.913. The van der Waals surface area contributed by atoms with E-state index in [9.17, 15) is 43.2 Å². The van der Waals surface area contributed by atoms with E-state index in [1.165, 1.54) is 24.5 Å². The topological polar surface area (TPSA) is 125 Å². The van der Waals surface area contributed by atoms with Crippen LogP contribution in [0.15, 0.2) is 134 Å². The average Bonchev–Trinajstić information content (AvgIpc) is 3.13. The third-order valence-electron chi connectivity index (χ3n) is 6.06. The summed E-state index contributed by atoms with van der Waals surface area (Å²) in [5.41, 5.74) is -7.43. The SMILES string of the molecule is O=S(=O)(Oc1cc[c-]c(-c2ccccn2)c1)C(F)(F)F.O=S(=O)(Oc1cc[c-]c(-c2ccccn2)c1)C(F)(F)F.[Ir+3].[c-]1ccccc1-c1ccccn1. The van der Waals surface area contributed by atoms with Crippen molar-refractivity contribution in [3.8, 4) is 45.3 Å². The minimum Gasteiger partial charge on any atom is -0.396 e. The van der Waals surface area contributed by atoms with Crippen LogP contribution in [0.5, 0.6) is 11.5 Å². The quantitative estimate of drug-likeness (QED) is 0.0676. The largest absolute Gasteiger partial charge is 3.00 e. The van der Waals surface area contributed by atoms with E-state index in [-0.39, 0.29) is 20.1 Å². The van der Waals surface area contributed by atoms with E-state index >= 15 is 0 Å². The molecule has 0 fully saturated rings. The fraction of sp³-hybridized carbons (Fsp3) is 0.0571. The van der Waals surface area contributed by atoms with Gasteiger partial charge in [-0.15, -0.1) is 71.3 Å². The van der Waals surface area contributed by atoms with Gasteiger partial charge in [-0.25, -0.2) is 0 Å². The first kappa shape index (κ1) is 42.3. The van der Waals surface area contributed by atoms with E-state index in [2.05, 4.69) is 41.5 Å². The van der Waals surface area contributed by atoms with E-state index < -0.39 is 42.8 Å². The van der Waals surface area contributed by atoms with Gasteiger partial charge in [0.15, 0.2) is 0 Å². The summed E-state index contributed by atoms with van der Waals surface area (Å²) in [7, 11) is -11.4. The number of pyridine rings is 3. The molecule has 0 aliphatic carbocycles. The zero-order chi connectivity index (χ0) is 37.8. The minimum absolute atomic E-state index is 0. The van der Waals surface area contributed by atoms with Gasteiger partial charge in [0.05, 0.1) is 11.5 Å². The second kappa shape index (κ2) is 18.6. The van der Waals surface area contributed by atoms with Gasteiger partial charge in [-0.3, -0.25) is 0 Å². The number of rotatable bonds is 7. The predicted octanol–water partition coefficient (Wildman–Crippen LogP) is 8.10. The number of aromatic nitrogens is 3. The van der Waals surface area contributed by atoms with E-state index in [0.29, 0.717) is 22.5 Å². The van der Waals surface area contributed by atoms with Crippen molar-refractivity contribution in [1.82, 2.24) is 15.0 Å². The van der Waals surface area contributed by atoms with Crippen LogP contribution in [-0.2, 0) is 40.3 Å². The molecule has 0 saturated carbocycles. The summed E-state index contributed by atoms with van der Waals surface area (Å²) in [6.45, 7) is 0. The third kappa shape index (κ3) is 12.5. The molecule has 276 valence electrons. The monoisotopic (exact) mass is 951 g/mol. The number of halogens is 6. The van der Waals surface area contributed by atoms with Gasteiger partial charge >= 0.3 is 51.4 Å². The summed E-state index contributed by atoms with van der Waals surface area (Å²) >= 11 is 0. The van der Waals surface area contributed by atoms with Crippen LogP contribution in [0.3, 0.4) is 0 Å². The Morgan fingerprint density at radius 3 is 1.15 bits per heavy atom. The summed E-state index contributed by atoms with van der Waals surface area (Å²) in [6, 6.07) is 39.0. The molecule has 9 nitrogen and oxygen atoms in total. The minimum atomic E-state index is -5.68. The van der Waals surface area contributed by atoms with Crippen LogP contribution in [0, 0.1) is 18.2 Å². The van der Waals surface area contributed by atoms with Gasteiger partial charge in [-0.1, -0.05) is 60.7 Å². The molecule has 0 N–H and O–H groups in total. The van der Waals surface area contributed by atoms with Crippen molar-refractivity contribution in [2.45, 2.75) is 11.0 Å². The summed E-state index contributed by atoms with van der Waals surface area (Å²) in [4.78, 5) is 12.2. The first-order valence-electron chi connectivity index (χ1n) is 14.3. The van der Waals surface area contributed by atoms with Gasteiger partial charge in [0.2, 0.25) is 0 Å². The van der Waals surface area contributed by atoms with E-state index in [1.54, 1.807) is 42.6 Å². The molecule has 0 atom stereocenters. The Kier molecular flexibility index (Phi) is 14.8. The smallest absolute Gasteiger partial charge is 0.396 e.